The lowest BCUT2D eigenvalue weighted by Crippen LogP contribution is -2.28. The van der Waals surface area contributed by atoms with Crippen LogP contribution in [0.25, 0.3) is 5.69 Å². The van der Waals surface area contributed by atoms with Crippen LogP contribution >= 0.6 is 0 Å². The van der Waals surface area contributed by atoms with E-state index in [2.05, 4.69) is 15.6 Å². The number of aromatic nitrogens is 2. The first-order valence-electron chi connectivity index (χ1n) is 9.69. The molecule has 0 aliphatic carbocycles. The Labute approximate surface area is 186 Å². The zero-order chi connectivity index (χ0) is 24.3. The van der Waals surface area contributed by atoms with E-state index in [-0.39, 0.29) is 28.5 Å². The van der Waals surface area contributed by atoms with E-state index in [0.717, 1.165) is 12.1 Å². The number of nitrogen functional groups attached to an aromatic ring is 1. The van der Waals surface area contributed by atoms with Crippen molar-refractivity contribution in [2.24, 2.45) is 0 Å². The molecule has 0 radical (unpaired) electrons. The fourth-order valence-electron chi connectivity index (χ4n) is 3.09. The van der Waals surface area contributed by atoms with Crippen LogP contribution in [0.3, 0.4) is 0 Å². The molecule has 33 heavy (non-hydrogen) atoms. The van der Waals surface area contributed by atoms with Crippen molar-refractivity contribution < 1.29 is 22.8 Å². The van der Waals surface area contributed by atoms with Crippen LogP contribution in [0.4, 0.5) is 24.7 Å². The summed E-state index contributed by atoms with van der Waals surface area (Å²) in [6, 6.07) is 7.75. The zero-order valence-corrected chi connectivity index (χ0v) is 17.6. The third-order valence-corrected chi connectivity index (χ3v) is 4.65. The van der Waals surface area contributed by atoms with Gasteiger partial charge in [0, 0.05) is 37.1 Å². The number of nitrogens with two attached hydrogens (primary N) is 1. The Bertz CT molecular complexity index is 1270. The van der Waals surface area contributed by atoms with Crippen LogP contribution in [0.5, 0.6) is 0 Å². The third-order valence-electron chi connectivity index (χ3n) is 4.65. The van der Waals surface area contributed by atoms with Crippen LogP contribution in [0.1, 0.15) is 41.4 Å². The summed E-state index contributed by atoms with van der Waals surface area (Å²) in [5.74, 6) is -0.731. The van der Waals surface area contributed by atoms with Crippen molar-refractivity contribution >= 4 is 23.3 Å². The normalized spacial score (nSPS) is 12.2. The first-order chi connectivity index (χ1) is 15.4. The molecule has 1 aromatic carbocycles. The Morgan fingerprint density at radius 3 is 2.52 bits per heavy atom. The number of anilines is 2. The van der Waals surface area contributed by atoms with Gasteiger partial charge in [0.2, 0.25) is 5.91 Å². The van der Waals surface area contributed by atoms with E-state index >= 15 is 0 Å². The first kappa shape index (κ1) is 23.5. The van der Waals surface area contributed by atoms with Gasteiger partial charge >= 0.3 is 6.18 Å². The van der Waals surface area contributed by atoms with Gasteiger partial charge in [-0.15, -0.1) is 0 Å². The third kappa shape index (κ3) is 5.76. The minimum absolute atomic E-state index is 0.0814. The monoisotopic (exact) mass is 459 g/mol. The van der Waals surface area contributed by atoms with Crippen molar-refractivity contribution in [3.05, 3.63) is 81.9 Å². The van der Waals surface area contributed by atoms with Crippen molar-refractivity contribution in [3.63, 3.8) is 0 Å². The minimum Gasteiger partial charge on any atom is -0.399 e. The minimum atomic E-state index is -4.58. The fourth-order valence-corrected chi connectivity index (χ4v) is 3.09. The van der Waals surface area contributed by atoms with Crippen LogP contribution in [0.2, 0.25) is 0 Å². The van der Waals surface area contributed by atoms with E-state index in [1.165, 1.54) is 61.1 Å². The molecular weight excluding hydrogens is 439 g/mol. The zero-order valence-electron chi connectivity index (χ0n) is 17.6. The van der Waals surface area contributed by atoms with E-state index in [0.29, 0.717) is 5.69 Å². The van der Waals surface area contributed by atoms with Gasteiger partial charge in [0.15, 0.2) is 0 Å². The SMILES string of the molecule is CC(=O)Nc1cc(-n2cc(C(=O)N[C@H](C)c3cc(N)cc(C(F)(F)F)c3)ccc2=O)ccn1. The van der Waals surface area contributed by atoms with Gasteiger partial charge < -0.3 is 16.4 Å². The smallest absolute Gasteiger partial charge is 0.399 e. The highest BCUT2D eigenvalue weighted by atomic mass is 19.4. The van der Waals surface area contributed by atoms with Crippen LogP contribution in [0, 0.1) is 0 Å². The van der Waals surface area contributed by atoms with Gasteiger partial charge in [-0.1, -0.05) is 0 Å². The van der Waals surface area contributed by atoms with Gasteiger partial charge in [-0.2, -0.15) is 13.2 Å². The lowest BCUT2D eigenvalue weighted by Gasteiger charge is -2.17. The van der Waals surface area contributed by atoms with Crippen LogP contribution in [-0.4, -0.2) is 21.4 Å². The first-order valence-corrected chi connectivity index (χ1v) is 9.69. The average molecular weight is 459 g/mol. The molecule has 0 aliphatic rings. The number of alkyl halides is 3. The number of hydrogen-bond donors (Lipinski definition) is 3. The molecule has 0 aliphatic heterocycles. The molecule has 3 rings (SSSR count). The number of amides is 2. The number of halogens is 3. The lowest BCUT2D eigenvalue weighted by atomic mass is 10.0. The number of benzene rings is 1. The molecule has 0 bridgehead atoms. The van der Waals surface area contributed by atoms with Crippen molar-refractivity contribution in [3.8, 4) is 5.69 Å². The molecular formula is C22H20F3N5O3. The molecule has 2 aromatic heterocycles. The summed E-state index contributed by atoms with van der Waals surface area (Å²) in [6.07, 6.45) is -1.90. The van der Waals surface area contributed by atoms with Gasteiger partial charge in [-0.05, 0) is 42.8 Å². The van der Waals surface area contributed by atoms with E-state index in [4.69, 9.17) is 5.73 Å². The molecule has 4 N–H and O–H groups in total. The van der Waals surface area contributed by atoms with Crippen molar-refractivity contribution in [2.45, 2.75) is 26.1 Å². The maximum Gasteiger partial charge on any atom is 0.416 e. The summed E-state index contributed by atoms with van der Waals surface area (Å²) in [4.78, 5) is 40.3. The summed E-state index contributed by atoms with van der Waals surface area (Å²) in [7, 11) is 0. The number of rotatable bonds is 5. The topological polar surface area (TPSA) is 119 Å². The second kappa shape index (κ2) is 9.15. The van der Waals surface area contributed by atoms with E-state index in [1.54, 1.807) is 0 Å². The number of hydrogen-bond acceptors (Lipinski definition) is 5. The van der Waals surface area contributed by atoms with Gasteiger partial charge in [0.1, 0.15) is 5.82 Å². The predicted molar refractivity (Wildman–Crippen MR) is 116 cm³/mol. The van der Waals surface area contributed by atoms with E-state index in [1.807, 2.05) is 0 Å². The Morgan fingerprint density at radius 2 is 1.85 bits per heavy atom. The van der Waals surface area contributed by atoms with Crippen LogP contribution in [-0.2, 0) is 11.0 Å². The fraction of sp³-hybridized carbons (Fsp3) is 0.182. The number of carbonyl (C=O) groups excluding carboxylic acids is 2. The van der Waals surface area contributed by atoms with Crippen molar-refractivity contribution in [1.82, 2.24) is 14.9 Å². The molecule has 0 spiro atoms. The maximum atomic E-state index is 13.1. The number of nitrogens with zero attached hydrogens (tertiary/aromatic N) is 2. The molecule has 2 amide bonds. The Hall–Kier alpha value is -4.15. The second-order valence-corrected chi connectivity index (χ2v) is 7.29. The number of nitrogens with one attached hydrogen (secondary N) is 2. The highest BCUT2D eigenvalue weighted by Crippen LogP contribution is 2.32. The molecule has 0 unspecified atom stereocenters. The molecule has 0 saturated heterocycles. The summed E-state index contributed by atoms with van der Waals surface area (Å²) < 4.78 is 40.4. The van der Waals surface area contributed by atoms with E-state index < -0.39 is 29.2 Å². The Balaban J connectivity index is 1.87. The van der Waals surface area contributed by atoms with Gasteiger partial charge in [-0.25, -0.2) is 4.98 Å². The standard InChI is InChI=1S/C22H20F3N5O3/c1-12(15-7-16(22(23,24)25)9-17(26)8-15)28-21(33)14-3-4-20(32)30(11-14)18-5-6-27-19(10-18)29-13(2)31/h3-12H,26H2,1-2H3,(H,28,33)(H,27,29,31)/t12-/m1/s1. The molecule has 172 valence electrons. The van der Waals surface area contributed by atoms with Crippen molar-refractivity contribution in [1.29, 1.82) is 0 Å². The molecule has 11 heteroatoms. The Morgan fingerprint density at radius 1 is 1.12 bits per heavy atom. The number of pyridine rings is 2. The Kier molecular flexibility index (Phi) is 6.52. The quantitative estimate of drug-likeness (QED) is 0.506. The van der Waals surface area contributed by atoms with Crippen LogP contribution < -0.4 is 21.9 Å². The summed E-state index contributed by atoms with van der Waals surface area (Å²) in [6.45, 7) is 2.83. The average Bonchev–Trinajstić information content (AvgIpc) is 2.72. The summed E-state index contributed by atoms with van der Waals surface area (Å²) >= 11 is 0. The van der Waals surface area contributed by atoms with Gasteiger partial charge in [0.05, 0.1) is 22.9 Å². The van der Waals surface area contributed by atoms with Gasteiger partial charge in [-0.3, -0.25) is 19.0 Å². The predicted octanol–water partition coefficient (Wildman–Crippen LogP) is 3.28. The van der Waals surface area contributed by atoms with Gasteiger partial charge in [0.25, 0.3) is 11.5 Å². The highest BCUT2D eigenvalue weighted by Gasteiger charge is 2.31. The summed E-state index contributed by atoms with van der Waals surface area (Å²) in [5.41, 5.74) is 4.79. The molecule has 0 fully saturated rings. The molecule has 1 atom stereocenters. The van der Waals surface area contributed by atoms with Crippen LogP contribution in [0.15, 0.2) is 59.7 Å². The van der Waals surface area contributed by atoms with E-state index in [9.17, 15) is 27.6 Å². The summed E-state index contributed by atoms with van der Waals surface area (Å²) in [5, 5.41) is 5.11. The highest BCUT2D eigenvalue weighted by molar-refractivity contribution is 5.94. The lowest BCUT2D eigenvalue weighted by molar-refractivity contribution is -0.137. The van der Waals surface area contributed by atoms with Crippen molar-refractivity contribution in [2.75, 3.05) is 11.1 Å². The number of carbonyl (C=O) groups is 2. The molecule has 0 saturated carbocycles. The molecule has 8 nitrogen and oxygen atoms in total. The maximum absolute atomic E-state index is 13.1. The second-order valence-electron chi connectivity index (χ2n) is 7.29. The molecule has 2 heterocycles. The molecule has 3 aromatic rings. The largest absolute Gasteiger partial charge is 0.416 e.